The third kappa shape index (κ3) is 2.49. The van der Waals surface area contributed by atoms with Crippen molar-refractivity contribution in [3.63, 3.8) is 0 Å². The van der Waals surface area contributed by atoms with E-state index in [-0.39, 0.29) is 5.57 Å². The van der Waals surface area contributed by atoms with Gasteiger partial charge in [-0.25, -0.2) is 4.79 Å². The van der Waals surface area contributed by atoms with Gasteiger partial charge in [0.25, 0.3) is 0 Å². The van der Waals surface area contributed by atoms with Gasteiger partial charge < -0.3 is 4.74 Å². The molecule has 0 aliphatic rings. The molecule has 0 atom stereocenters. The molecule has 1 rings (SSSR count). The predicted octanol–water partition coefficient (Wildman–Crippen LogP) is 1.88. The molecule has 0 aliphatic heterocycles. The summed E-state index contributed by atoms with van der Waals surface area (Å²) in [6, 6.07) is 9.36. The van der Waals surface area contributed by atoms with Gasteiger partial charge in [0, 0.05) is 0 Å². The minimum Gasteiger partial charge on any atom is -0.465 e. The van der Waals surface area contributed by atoms with E-state index in [9.17, 15) is 4.79 Å². The lowest BCUT2D eigenvalue weighted by Gasteiger charge is -1.97. The number of hydrogen-bond acceptors (Lipinski definition) is 2. The lowest BCUT2D eigenvalue weighted by atomic mass is 10.1. The second kappa shape index (κ2) is 4.88. The Labute approximate surface area is 83.2 Å². The summed E-state index contributed by atoms with van der Waals surface area (Å²) in [5, 5.41) is 0. The van der Waals surface area contributed by atoms with Crippen LogP contribution in [0.15, 0.2) is 35.9 Å². The number of carbonyl (C=O) groups excluding carboxylic acids is 1. The number of benzene rings is 1. The Morgan fingerprint density at radius 1 is 1.43 bits per heavy atom. The van der Waals surface area contributed by atoms with E-state index in [1.165, 1.54) is 7.11 Å². The Hall–Kier alpha value is -2.01. The van der Waals surface area contributed by atoms with Crippen molar-refractivity contribution in [1.29, 1.82) is 0 Å². The van der Waals surface area contributed by atoms with Crippen LogP contribution in [0.3, 0.4) is 0 Å². The van der Waals surface area contributed by atoms with Gasteiger partial charge in [-0.05, 0) is 11.6 Å². The van der Waals surface area contributed by atoms with Gasteiger partial charge in [-0.15, -0.1) is 6.42 Å². The molecule has 70 valence electrons. The molecular weight excluding hydrogens is 176 g/mol. The highest BCUT2D eigenvalue weighted by Gasteiger charge is 2.05. The smallest absolute Gasteiger partial charge is 0.346 e. The number of terminal acetylenes is 1. The third-order valence-corrected chi connectivity index (χ3v) is 1.67. The molecular formula is C12H10O2. The Morgan fingerprint density at radius 3 is 2.57 bits per heavy atom. The van der Waals surface area contributed by atoms with Gasteiger partial charge in [-0.2, -0.15) is 0 Å². The highest BCUT2D eigenvalue weighted by atomic mass is 16.5. The molecule has 0 N–H and O–H groups in total. The first-order valence-corrected chi connectivity index (χ1v) is 4.09. The van der Waals surface area contributed by atoms with E-state index in [0.717, 1.165) is 5.56 Å². The molecule has 0 heterocycles. The molecule has 2 nitrogen and oxygen atoms in total. The van der Waals surface area contributed by atoms with E-state index in [4.69, 9.17) is 6.42 Å². The van der Waals surface area contributed by atoms with E-state index in [1.54, 1.807) is 6.08 Å². The molecule has 0 spiro atoms. The monoisotopic (exact) mass is 186 g/mol. The van der Waals surface area contributed by atoms with Crippen LogP contribution in [0.5, 0.6) is 0 Å². The lowest BCUT2D eigenvalue weighted by molar-refractivity contribution is -0.135. The maximum atomic E-state index is 11.1. The van der Waals surface area contributed by atoms with E-state index in [1.807, 2.05) is 30.3 Å². The molecule has 0 radical (unpaired) electrons. The van der Waals surface area contributed by atoms with Gasteiger partial charge in [0.05, 0.1) is 7.11 Å². The third-order valence-electron chi connectivity index (χ3n) is 1.67. The number of hydrogen-bond donors (Lipinski definition) is 0. The standard InChI is InChI=1S/C12H10O2/c1-3-11(12(13)14-2)9-10-7-5-4-6-8-10/h1,4-9H,2H3/b11-9+. The SMILES string of the molecule is C#C/C(=C\c1ccccc1)C(=O)OC. The molecule has 0 unspecified atom stereocenters. The summed E-state index contributed by atoms with van der Waals surface area (Å²) in [4.78, 5) is 11.1. The first-order valence-electron chi connectivity index (χ1n) is 4.09. The van der Waals surface area contributed by atoms with Gasteiger partial charge in [0.1, 0.15) is 5.57 Å². The number of ether oxygens (including phenoxy) is 1. The van der Waals surface area contributed by atoms with Gasteiger partial charge >= 0.3 is 5.97 Å². The Morgan fingerprint density at radius 2 is 2.07 bits per heavy atom. The quantitative estimate of drug-likeness (QED) is 0.400. The first kappa shape index (κ1) is 10.1. The number of esters is 1. The topological polar surface area (TPSA) is 26.3 Å². The molecule has 0 saturated heterocycles. The molecule has 0 bridgehead atoms. The minimum atomic E-state index is -0.489. The van der Waals surface area contributed by atoms with Gasteiger partial charge in [0.2, 0.25) is 0 Å². The molecule has 0 fully saturated rings. The Bertz CT molecular complexity index is 383. The highest BCUT2D eigenvalue weighted by molar-refractivity contribution is 5.98. The van der Waals surface area contributed by atoms with Crippen molar-refractivity contribution in [3.8, 4) is 12.3 Å². The van der Waals surface area contributed by atoms with Crippen LogP contribution in [-0.2, 0) is 9.53 Å². The summed E-state index contributed by atoms with van der Waals surface area (Å²) in [6.45, 7) is 0. The van der Waals surface area contributed by atoms with Crippen molar-refractivity contribution < 1.29 is 9.53 Å². The first-order chi connectivity index (χ1) is 6.77. The van der Waals surface area contributed by atoms with Crippen molar-refractivity contribution in [1.82, 2.24) is 0 Å². The largest absolute Gasteiger partial charge is 0.465 e. The van der Waals surface area contributed by atoms with E-state index >= 15 is 0 Å². The molecule has 1 aromatic rings. The van der Waals surface area contributed by atoms with Crippen molar-refractivity contribution in [2.75, 3.05) is 7.11 Å². The molecule has 14 heavy (non-hydrogen) atoms. The average molecular weight is 186 g/mol. The fourth-order valence-electron chi connectivity index (χ4n) is 0.985. The number of methoxy groups -OCH3 is 1. The van der Waals surface area contributed by atoms with E-state index in [2.05, 4.69) is 10.7 Å². The highest BCUT2D eigenvalue weighted by Crippen LogP contribution is 2.06. The normalized spacial score (nSPS) is 10.4. The lowest BCUT2D eigenvalue weighted by Crippen LogP contribution is -2.02. The van der Waals surface area contributed by atoms with Crippen LogP contribution in [0.2, 0.25) is 0 Å². The van der Waals surface area contributed by atoms with Crippen LogP contribution in [0.25, 0.3) is 6.08 Å². The van der Waals surface area contributed by atoms with Crippen LogP contribution in [-0.4, -0.2) is 13.1 Å². The van der Waals surface area contributed by atoms with Gasteiger partial charge in [-0.3, -0.25) is 0 Å². The summed E-state index contributed by atoms with van der Waals surface area (Å²) in [5.41, 5.74) is 1.10. The van der Waals surface area contributed by atoms with Crippen molar-refractivity contribution in [3.05, 3.63) is 41.5 Å². The molecule has 2 heteroatoms. The summed E-state index contributed by atoms with van der Waals surface area (Å²) < 4.78 is 4.53. The average Bonchev–Trinajstić information content (AvgIpc) is 2.26. The summed E-state index contributed by atoms with van der Waals surface area (Å²) in [6.07, 6.45) is 6.79. The maximum Gasteiger partial charge on any atom is 0.346 e. The molecule has 0 aromatic heterocycles. The Kier molecular flexibility index (Phi) is 3.51. The number of rotatable bonds is 2. The fourth-order valence-corrected chi connectivity index (χ4v) is 0.985. The zero-order valence-electron chi connectivity index (χ0n) is 7.86. The zero-order valence-corrected chi connectivity index (χ0v) is 7.86. The van der Waals surface area contributed by atoms with Gasteiger partial charge in [-0.1, -0.05) is 36.3 Å². The zero-order chi connectivity index (χ0) is 10.4. The van der Waals surface area contributed by atoms with Crippen LogP contribution in [0, 0.1) is 12.3 Å². The minimum absolute atomic E-state index is 0.221. The summed E-state index contributed by atoms with van der Waals surface area (Å²) in [7, 11) is 1.30. The van der Waals surface area contributed by atoms with E-state index < -0.39 is 5.97 Å². The van der Waals surface area contributed by atoms with Crippen molar-refractivity contribution >= 4 is 12.0 Å². The van der Waals surface area contributed by atoms with Crippen LogP contribution < -0.4 is 0 Å². The molecule has 1 aromatic carbocycles. The van der Waals surface area contributed by atoms with E-state index in [0.29, 0.717) is 0 Å². The summed E-state index contributed by atoms with van der Waals surface area (Å²) in [5.74, 6) is 1.80. The van der Waals surface area contributed by atoms with Crippen LogP contribution in [0.4, 0.5) is 0 Å². The molecule has 0 saturated carbocycles. The summed E-state index contributed by atoms with van der Waals surface area (Å²) >= 11 is 0. The fraction of sp³-hybridized carbons (Fsp3) is 0.0833. The van der Waals surface area contributed by atoms with Crippen LogP contribution >= 0.6 is 0 Å². The second-order valence-corrected chi connectivity index (χ2v) is 2.60. The molecule has 0 amide bonds. The maximum absolute atomic E-state index is 11.1. The second-order valence-electron chi connectivity index (χ2n) is 2.60. The number of carbonyl (C=O) groups is 1. The van der Waals surface area contributed by atoms with Crippen LogP contribution in [0.1, 0.15) is 5.56 Å². The van der Waals surface area contributed by atoms with Gasteiger partial charge in [0.15, 0.2) is 0 Å². The molecule has 0 aliphatic carbocycles. The Balaban J connectivity index is 2.97. The predicted molar refractivity (Wildman–Crippen MR) is 55.3 cm³/mol. The van der Waals surface area contributed by atoms with Crippen molar-refractivity contribution in [2.24, 2.45) is 0 Å². The van der Waals surface area contributed by atoms with Crippen molar-refractivity contribution in [2.45, 2.75) is 0 Å².